The predicted molar refractivity (Wildman–Crippen MR) is 55.1 cm³/mol. The van der Waals surface area contributed by atoms with Gasteiger partial charge in [0.2, 0.25) is 0 Å². The summed E-state index contributed by atoms with van der Waals surface area (Å²) in [5.41, 5.74) is 3.97. The maximum atomic E-state index is 12.9. The van der Waals surface area contributed by atoms with Crippen LogP contribution in [0.15, 0.2) is 18.2 Å². The number of hydrogen-bond acceptors (Lipinski definition) is 3. The molecule has 1 rings (SSSR count). The first kappa shape index (κ1) is 14.4. The summed E-state index contributed by atoms with van der Waals surface area (Å²) < 4.78 is 55.1. The number of benzene rings is 1. The summed E-state index contributed by atoms with van der Waals surface area (Å²) in [5.74, 6) is -1.68. The molecule has 7 heteroatoms. The summed E-state index contributed by atoms with van der Waals surface area (Å²) in [7, 11) is 1.07. The lowest BCUT2D eigenvalue weighted by atomic mass is 10.00. The molecule has 0 amide bonds. The van der Waals surface area contributed by atoms with Crippen LogP contribution in [-0.4, -0.2) is 19.1 Å². The smallest absolute Gasteiger partial charge is 0.416 e. The van der Waals surface area contributed by atoms with Crippen molar-refractivity contribution in [3.63, 3.8) is 0 Å². The van der Waals surface area contributed by atoms with Gasteiger partial charge in [-0.1, -0.05) is 0 Å². The number of esters is 1. The third-order valence-electron chi connectivity index (χ3n) is 2.32. The Bertz CT molecular complexity index is 445. The molecular weight excluding hydrogens is 254 g/mol. The fourth-order valence-electron chi connectivity index (χ4n) is 1.48. The molecule has 1 atom stereocenters. The van der Waals surface area contributed by atoms with Crippen LogP contribution in [0.2, 0.25) is 0 Å². The Morgan fingerprint density at radius 2 is 2.06 bits per heavy atom. The second-order valence-corrected chi connectivity index (χ2v) is 3.63. The third-order valence-corrected chi connectivity index (χ3v) is 2.32. The van der Waals surface area contributed by atoms with E-state index in [0.717, 1.165) is 7.11 Å². The number of alkyl halides is 3. The minimum Gasteiger partial charge on any atom is -0.468 e. The van der Waals surface area contributed by atoms with E-state index in [0.29, 0.717) is 18.2 Å². The van der Waals surface area contributed by atoms with E-state index in [4.69, 9.17) is 5.73 Å². The van der Waals surface area contributed by atoms with E-state index in [1.165, 1.54) is 0 Å². The molecular formula is C11H11F4NO2. The largest absolute Gasteiger partial charge is 0.468 e. The Kier molecular flexibility index (Phi) is 4.28. The van der Waals surface area contributed by atoms with E-state index in [2.05, 4.69) is 4.74 Å². The first-order valence-corrected chi connectivity index (χ1v) is 4.94. The number of methoxy groups -OCH3 is 1. The van der Waals surface area contributed by atoms with Gasteiger partial charge in [-0.25, -0.2) is 4.39 Å². The Morgan fingerprint density at radius 3 is 2.56 bits per heavy atom. The van der Waals surface area contributed by atoms with Crippen molar-refractivity contribution in [2.45, 2.75) is 18.6 Å². The Morgan fingerprint density at radius 1 is 1.44 bits per heavy atom. The molecule has 1 aromatic rings. The van der Waals surface area contributed by atoms with E-state index in [1.54, 1.807) is 0 Å². The lowest BCUT2D eigenvalue weighted by Gasteiger charge is -2.15. The van der Waals surface area contributed by atoms with Crippen LogP contribution in [-0.2, 0) is 22.1 Å². The van der Waals surface area contributed by atoms with Crippen LogP contribution in [0.5, 0.6) is 0 Å². The van der Waals surface area contributed by atoms with Gasteiger partial charge in [-0.05, 0) is 30.2 Å². The van der Waals surface area contributed by atoms with Crippen molar-refractivity contribution in [1.82, 2.24) is 0 Å². The molecule has 1 unspecified atom stereocenters. The zero-order valence-electron chi connectivity index (χ0n) is 9.42. The number of hydrogen-bond donors (Lipinski definition) is 1. The van der Waals surface area contributed by atoms with Crippen LogP contribution in [0.25, 0.3) is 0 Å². The lowest BCUT2D eigenvalue weighted by molar-refractivity contribution is -0.143. The average Bonchev–Trinajstić information content (AvgIpc) is 2.26. The number of rotatable bonds is 3. The Balaban J connectivity index is 3.07. The number of carbonyl (C=O) groups is 1. The molecule has 0 fully saturated rings. The Hall–Kier alpha value is -1.63. The average molecular weight is 265 g/mol. The monoisotopic (exact) mass is 265 g/mol. The van der Waals surface area contributed by atoms with Crippen molar-refractivity contribution in [1.29, 1.82) is 0 Å². The first-order valence-electron chi connectivity index (χ1n) is 4.94. The second kappa shape index (κ2) is 5.34. The molecule has 0 aliphatic carbocycles. The predicted octanol–water partition coefficient (Wildman–Crippen LogP) is 1.89. The van der Waals surface area contributed by atoms with Gasteiger partial charge in [0.05, 0.1) is 12.7 Å². The molecule has 0 aliphatic heterocycles. The maximum absolute atomic E-state index is 12.9. The van der Waals surface area contributed by atoms with E-state index >= 15 is 0 Å². The summed E-state index contributed by atoms with van der Waals surface area (Å²) in [4.78, 5) is 11.0. The molecule has 2 N–H and O–H groups in total. The fourth-order valence-corrected chi connectivity index (χ4v) is 1.48. The third kappa shape index (κ3) is 3.43. The first-order chi connectivity index (χ1) is 8.25. The molecule has 0 radical (unpaired) electrons. The lowest BCUT2D eigenvalue weighted by Crippen LogP contribution is -2.34. The SMILES string of the molecule is COC(=O)C(N)Cc1cc(F)ccc1C(F)(F)F. The summed E-state index contributed by atoms with van der Waals surface area (Å²) in [6.07, 6.45) is -5.07. The minimum atomic E-state index is -4.63. The highest BCUT2D eigenvalue weighted by Gasteiger charge is 2.34. The normalized spacial score (nSPS) is 13.2. The van der Waals surface area contributed by atoms with Gasteiger partial charge in [0.1, 0.15) is 11.9 Å². The van der Waals surface area contributed by atoms with Gasteiger partial charge in [0.25, 0.3) is 0 Å². The molecule has 18 heavy (non-hydrogen) atoms. The quantitative estimate of drug-likeness (QED) is 0.670. The van der Waals surface area contributed by atoms with Crippen molar-refractivity contribution < 1.29 is 27.1 Å². The molecule has 0 saturated heterocycles. The highest BCUT2D eigenvalue weighted by atomic mass is 19.4. The van der Waals surface area contributed by atoms with Crippen LogP contribution in [0.3, 0.4) is 0 Å². The highest BCUT2D eigenvalue weighted by Crippen LogP contribution is 2.32. The molecule has 0 heterocycles. The van der Waals surface area contributed by atoms with E-state index in [9.17, 15) is 22.4 Å². The Labute approximate surface area is 101 Å². The van der Waals surface area contributed by atoms with Gasteiger partial charge in [0.15, 0.2) is 0 Å². The summed E-state index contributed by atoms with van der Waals surface area (Å²) in [6.45, 7) is 0. The molecule has 0 saturated carbocycles. The van der Waals surface area contributed by atoms with Gasteiger partial charge in [0, 0.05) is 0 Å². The highest BCUT2D eigenvalue weighted by molar-refractivity contribution is 5.75. The van der Waals surface area contributed by atoms with Crippen molar-refractivity contribution in [2.75, 3.05) is 7.11 Å². The van der Waals surface area contributed by atoms with Crippen LogP contribution < -0.4 is 5.73 Å². The van der Waals surface area contributed by atoms with Crippen molar-refractivity contribution in [3.8, 4) is 0 Å². The number of halogens is 4. The molecule has 0 aromatic heterocycles. The van der Waals surface area contributed by atoms with Gasteiger partial charge in [-0.15, -0.1) is 0 Å². The zero-order valence-corrected chi connectivity index (χ0v) is 9.42. The number of nitrogens with two attached hydrogens (primary N) is 1. The van der Waals surface area contributed by atoms with Crippen LogP contribution in [0, 0.1) is 5.82 Å². The molecule has 0 bridgehead atoms. The van der Waals surface area contributed by atoms with Gasteiger partial charge < -0.3 is 10.5 Å². The maximum Gasteiger partial charge on any atom is 0.416 e. The van der Waals surface area contributed by atoms with E-state index in [1.807, 2.05) is 0 Å². The summed E-state index contributed by atoms with van der Waals surface area (Å²) in [5, 5.41) is 0. The fraction of sp³-hybridized carbons (Fsp3) is 0.364. The van der Waals surface area contributed by atoms with Crippen molar-refractivity contribution >= 4 is 5.97 Å². The van der Waals surface area contributed by atoms with Gasteiger partial charge >= 0.3 is 12.1 Å². The number of ether oxygens (including phenoxy) is 1. The second-order valence-electron chi connectivity index (χ2n) is 3.63. The number of carbonyl (C=O) groups excluding carboxylic acids is 1. The van der Waals surface area contributed by atoms with Crippen molar-refractivity contribution in [2.24, 2.45) is 5.73 Å². The van der Waals surface area contributed by atoms with Gasteiger partial charge in [-0.3, -0.25) is 4.79 Å². The van der Waals surface area contributed by atoms with E-state index < -0.39 is 36.0 Å². The van der Waals surface area contributed by atoms with Gasteiger partial charge in [-0.2, -0.15) is 13.2 Å². The van der Waals surface area contributed by atoms with E-state index in [-0.39, 0.29) is 5.56 Å². The zero-order chi connectivity index (χ0) is 13.9. The molecule has 3 nitrogen and oxygen atoms in total. The molecule has 1 aromatic carbocycles. The summed E-state index contributed by atoms with van der Waals surface area (Å²) >= 11 is 0. The van der Waals surface area contributed by atoms with Crippen LogP contribution in [0.4, 0.5) is 17.6 Å². The van der Waals surface area contributed by atoms with Crippen molar-refractivity contribution in [3.05, 3.63) is 35.1 Å². The molecule has 0 aliphatic rings. The topological polar surface area (TPSA) is 52.3 Å². The van der Waals surface area contributed by atoms with Crippen LogP contribution >= 0.6 is 0 Å². The molecule has 100 valence electrons. The summed E-state index contributed by atoms with van der Waals surface area (Å²) in [6, 6.07) is 0.772. The molecule has 0 spiro atoms. The van der Waals surface area contributed by atoms with Crippen LogP contribution in [0.1, 0.15) is 11.1 Å². The minimum absolute atomic E-state index is 0.375. The standard InChI is InChI=1S/C11H11F4NO2/c1-18-10(17)9(16)5-6-4-7(12)2-3-8(6)11(13,14)15/h2-4,9H,5,16H2,1H3.